The van der Waals surface area contributed by atoms with Crippen molar-refractivity contribution in [2.45, 2.75) is 6.10 Å². The number of aliphatic hydroxyl groups excluding tert-OH is 2. The Labute approximate surface area is 106 Å². The largest absolute Gasteiger partial charge is 0.496 e. The van der Waals surface area contributed by atoms with Gasteiger partial charge in [0.25, 0.3) is 0 Å². The number of benzene rings is 2. The fraction of sp³-hybridized carbons (Fsp3) is 0.286. The van der Waals surface area contributed by atoms with Crippen LogP contribution in [0.3, 0.4) is 0 Å². The number of hydrogen-bond acceptors (Lipinski definition) is 4. The molecule has 0 amide bonds. The first-order valence-electron chi connectivity index (χ1n) is 5.84. The molecular weight excluding hydrogens is 230 g/mol. The minimum atomic E-state index is -0.762. The van der Waals surface area contributed by atoms with E-state index in [2.05, 4.69) is 5.32 Å². The van der Waals surface area contributed by atoms with Crippen molar-refractivity contribution in [3.8, 4) is 5.75 Å². The van der Waals surface area contributed by atoms with Gasteiger partial charge in [0.15, 0.2) is 0 Å². The van der Waals surface area contributed by atoms with Gasteiger partial charge in [-0.1, -0.05) is 24.3 Å². The maximum absolute atomic E-state index is 9.32. The van der Waals surface area contributed by atoms with Crippen LogP contribution in [0.1, 0.15) is 0 Å². The number of fused-ring (bicyclic) bond motifs is 1. The Kier molecular flexibility index (Phi) is 4.02. The van der Waals surface area contributed by atoms with Crippen molar-refractivity contribution in [3.05, 3.63) is 36.4 Å². The molecule has 0 radical (unpaired) electrons. The normalized spacial score (nSPS) is 12.4. The molecule has 2 aromatic carbocycles. The van der Waals surface area contributed by atoms with Crippen LogP contribution in [0.4, 0.5) is 5.69 Å². The lowest BCUT2D eigenvalue weighted by Gasteiger charge is -2.13. The van der Waals surface area contributed by atoms with Gasteiger partial charge in [-0.15, -0.1) is 0 Å². The molecule has 4 heteroatoms. The van der Waals surface area contributed by atoms with Gasteiger partial charge in [0.1, 0.15) is 5.75 Å². The summed E-state index contributed by atoms with van der Waals surface area (Å²) in [5.41, 5.74) is 0.859. The summed E-state index contributed by atoms with van der Waals surface area (Å²) in [6, 6.07) is 11.8. The van der Waals surface area contributed by atoms with E-state index in [4.69, 9.17) is 9.84 Å². The summed E-state index contributed by atoms with van der Waals surface area (Å²) in [5.74, 6) is 0.786. The molecule has 0 aliphatic rings. The molecule has 1 atom stereocenters. The third-order valence-electron chi connectivity index (χ3n) is 2.80. The van der Waals surface area contributed by atoms with Crippen LogP contribution in [0, 0.1) is 0 Å². The first-order chi connectivity index (χ1) is 8.74. The van der Waals surface area contributed by atoms with E-state index in [9.17, 15) is 5.11 Å². The van der Waals surface area contributed by atoms with E-state index < -0.39 is 6.10 Å². The molecule has 96 valence electrons. The van der Waals surface area contributed by atoms with Crippen LogP contribution >= 0.6 is 0 Å². The second-order valence-electron chi connectivity index (χ2n) is 4.12. The lowest BCUT2D eigenvalue weighted by atomic mass is 10.1. The Balaban J connectivity index is 2.29. The molecule has 2 rings (SSSR count). The number of hydrogen-bond donors (Lipinski definition) is 3. The molecular formula is C14H17NO3. The highest BCUT2D eigenvalue weighted by atomic mass is 16.5. The van der Waals surface area contributed by atoms with Crippen molar-refractivity contribution >= 4 is 16.5 Å². The maximum Gasteiger partial charge on any atom is 0.128 e. The van der Waals surface area contributed by atoms with E-state index in [1.165, 1.54) is 0 Å². The van der Waals surface area contributed by atoms with Crippen LogP contribution in [0.25, 0.3) is 10.8 Å². The summed E-state index contributed by atoms with van der Waals surface area (Å²) in [7, 11) is 1.63. The summed E-state index contributed by atoms with van der Waals surface area (Å²) in [4.78, 5) is 0. The van der Waals surface area contributed by atoms with Crippen molar-refractivity contribution in [1.82, 2.24) is 0 Å². The first kappa shape index (κ1) is 12.7. The average molecular weight is 247 g/mol. The summed E-state index contributed by atoms with van der Waals surface area (Å²) in [5, 5.41) is 23.3. The zero-order valence-corrected chi connectivity index (χ0v) is 10.3. The number of methoxy groups -OCH3 is 1. The van der Waals surface area contributed by atoms with Crippen molar-refractivity contribution in [2.24, 2.45) is 0 Å². The van der Waals surface area contributed by atoms with E-state index in [0.29, 0.717) is 6.54 Å². The predicted octanol–water partition coefficient (Wildman–Crippen LogP) is 1.61. The van der Waals surface area contributed by atoms with Crippen molar-refractivity contribution in [3.63, 3.8) is 0 Å². The Morgan fingerprint density at radius 3 is 2.78 bits per heavy atom. The van der Waals surface area contributed by atoms with E-state index in [1.54, 1.807) is 7.11 Å². The lowest BCUT2D eigenvalue weighted by molar-refractivity contribution is 0.105. The highest BCUT2D eigenvalue weighted by Crippen LogP contribution is 2.29. The van der Waals surface area contributed by atoms with Crippen molar-refractivity contribution in [2.75, 3.05) is 25.6 Å². The van der Waals surface area contributed by atoms with Crippen LogP contribution < -0.4 is 10.1 Å². The van der Waals surface area contributed by atoms with Crippen LogP contribution in [-0.4, -0.2) is 36.6 Å². The molecule has 3 N–H and O–H groups in total. The highest BCUT2D eigenvalue weighted by molar-refractivity contribution is 5.91. The molecule has 0 spiro atoms. The Bertz CT molecular complexity index is 527. The molecule has 1 unspecified atom stereocenters. The molecule has 0 fully saturated rings. The molecule has 0 heterocycles. The van der Waals surface area contributed by atoms with Gasteiger partial charge in [-0.3, -0.25) is 0 Å². The predicted molar refractivity (Wildman–Crippen MR) is 72.1 cm³/mol. The quantitative estimate of drug-likeness (QED) is 0.751. The Hall–Kier alpha value is -1.78. The van der Waals surface area contributed by atoms with Gasteiger partial charge in [-0.05, 0) is 11.5 Å². The molecule has 0 aromatic heterocycles. The van der Waals surface area contributed by atoms with Gasteiger partial charge >= 0.3 is 0 Å². The number of ether oxygens (including phenoxy) is 1. The van der Waals surface area contributed by atoms with Crippen LogP contribution in [0.5, 0.6) is 5.75 Å². The molecule has 0 saturated heterocycles. The second kappa shape index (κ2) is 5.71. The number of nitrogens with one attached hydrogen (secondary N) is 1. The van der Waals surface area contributed by atoms with Crippen LogP contribution in [0.15, 0.2) is 36.4 Å². The monoisotopic (exact) mass is 247 g/mol. The number of anilines is 1. The van der Waals surface area contributed by atoms with Gasteiger partial charge in [0, 0.05) is 23.7 Å². The molecule has 18 heavy (non-hydrogen) atoms. The molecule has 0 aliphatic carbocycles. The third kappa shape index (κ3) is 2.72. The van der Waals surface area contributed by atoms with E-state index >= 15 is 0 Å². The molecule has 4 nitrogen and oxygen atoms in total. The zero-order valence-electron chi connectivity index (χ0n) is 10.3. The topological polar surface area (TPSA) is 61.7 Å². The van der Waals surface area contributed by atoms with Gasteiger partial charge in [0.05, 0.1) is 19.8 Å². The molecule has 0 aliphatic heterocycles. The zero-order chi connectivity index (χ0) is 13.0. The summed E-state index contributed by atoms with van der Waals surface area (Å²) in [6.07, 6.45) is -0.762. The number of aliphatic hydroxyl groups is 2. The van der Waals surface area contributed by atoms with Gasteiger partial charge in [-0.2, -0.15) is 0 Å². The fourth-order valence-corrected chi connectivity index (χ4v) is 1.85. The minimum Gasteiger partial charge on any atom is -0.496 e. The Morgan fingerprint density at radius 1 is 1.28 bits per heavy atom. The third-order valence-corrected chi connectivity index (χ3v) is 2.80. The standard InChI is InChI=1S/C14H17NO3/c1-18-14-7-11(15-8-12(17)9-16)6-10-4-2-3-5-13(10)14/h2-7,12,15-17H,8-9H2,1H3. The van der Waals surface area contributed by atoms with Crippen LogP contribution in [-0.2, 0) is 0 Å². The SMILES string of the molecule is COc1cc(NCC(O)CO)cc2ccccc12. The average Bonchev–Trinajstić information content (AvgIpc) is 2.43. The van der Waals surface area contributed by atoms with E-state index in [1.807, 2.05) is 36.4 Å². The maximum atomic E-state index is 9.32. The van der Waals surface area contributed by atoms with Crippen molar-refractivity contribution < 1.29 is 14.9 Å². The molecule has 0 bridgehead atoms. The molecule has 0 saturated carbocycles. The fourth-order valence-electron chi connectivity index (χ4n) is 1.85. The smallest absolute Gasteiger partial charge is 0.128 e. The van der Waals surface area contributed by atoms with Gasteiger partial charge in [-0.25, -0.2) is 0 Å². The van der Waals surface area contributed by atoms with Gasteiger partial charge < -0.3 is 20.3 Å². The summed E-state index contributed by atoms with van der Waals surface area (Å²) < 4.78 is 5.35. The molecule has 2 aromatic rings. The first-order valence-corrected chi connectivity index (χ1v) is 5.84. The van der Waals surface area contributed by atoms with E-state index in [0.717, 1.165) is 22.2 Å². The minimum absolute atomic E-state index is 0.252. The summed E-state index contributed by atoms with van der Waals surface area (Å²) in [6.45, 7) is 0.0513. The van der Waals surface area contributed by atoms with Crippen molar-refractivity contribution in [1.29, 1.82) is 0 Å². The number of rotatable bonds is 5. The summed E-state index contributed by atoms with van der Waals surface area (Å²) >= 11 is 0. The van der Waals surface area contributed by atoms with E-state index in [-0.39, 0.29) is 6.61 Å². The lowest BCUT2D eigenvalue weighted by Crippen LogP contribution is -2.22. The van der Waals surface area contributed by atoms with Gasteiger partial charge in [0.2, 0.25) is 0 Å². The second-order valence-corrected chi connectivity index (χ2v) is 4.12. The Morgan fingerprint density at radius 2 is 2.06 bits per heavy atom. The van der Waals surface area contributed by atoms with Crippen LogP contribution in [0.2, 0.25) is 0 Å². The highest BCUT2D eigenvalue weighted by Gasteiger charge is 2.06.